The average Bonchev–Trinajstić information content (AvgIpc) is 2.31. The average molecular weight is 224 g/mol. The van der Waals surface area contributed by atoms with E-state index in [1.807, 2.05) is 0 Å². The second-order valence-corrected chi connectivity index (χ2v) is 5.93. The van der Waals surface area contributed by atoms with Gasteiger partial charge in [0.05, 0.1) is 0 Å². The van der Waals surface area contributed by atoms with E-state index in [4.69, 9.17) is 5.73 Å². The zero-order chi connectivity index (χ0) is 11.4. The molecule has 2 fully saturated rings. The smallest absolute Gasteiger partial charge is 0.0246 e. The second-order valence-electron chi connectivity index (χ2n) is 5.93. The Morgan fingerprint density at radius 2 is 1.88 bits per heavy atom. The summed E-state index contributed by atoms with van der Waals surface area (Å²) in [5, 5.41) is 0. The van der Waals surface area contributed by atoms with Crippen molar-refractivity contribution in [3.63, 3.8) is 0 Å². The zero-order valence-corrected chi connectivity index (χ0v) is 10.8. The Morgan fingerprint density at radius 1 is 1.12 bits per heavy atom. The number of piperidine rings is 1. The van der Waals surface area contributed by atoms with Gasteiger partial charge in [0.1, 0.15) is 0 Å². The molecule has 3 atom stereocenters. The minimum atomic E-state index is 0.683. The van der Waals surface area contributed by atoms with E-state index < -0.39 is 0 Å². The molecule has 16 heavy (non-hydrogen) atoms. The van der Waals surface area contributed by atoms with Gasteiger partial charge in [-0.2, -0.15) is 0 Å². The summed E-state index contributed by atoms with van der Waals surface area (Å²) in [6.07, 6.45) is 9.90. The summed E-state index contributed by atoms with van der Waals surface area (Å²) >= 11 is 0. The van der Waals surface area contributed by atoms with Crippen LogP contribution in [0.4, 0.5) is 0 Å². The first kappa shape index (κ1) is 12.4. The highest BCUT2D eigenvalue weighted by atomic mass is 15.2. The molecule has 0 amide bonds. The number of likely N-dealkylation sites (tertiary alicyclic amines) is 1. The molecule has 2 heteroatoms. The molecule has 0 aromatic heterocycles. The largest absolute Gasteiger partial charge is 0.329 e. The van der Waals surface area contributed by atoms with E-state index >= 15 is 0 Å². The summed E-state index contributed by atoms with van der Waals surface area (Å²) in [6.45, 7) is 5.88. The van der Waals surface area contributed by atoms with Gasteiger partial charge in [0.2, 0.25) is 0 Å². The van der Waals surface area contributed by atoms with Crippen LogP contribution < -0.4 is 5.73 Å². The predicted molar refractivity (Wildman–Crippen MR) is 69.4 cm³/mol. The topological polar surface area (TPSA) is 29.3 Å². The van der Waals surface area contributed by atoms with E-state index in [0.717, 1.165) is 18.4 Å². The Hall–Kier alpha value is -0.0800. The Labute approximate surface area is 101 Å². The van der Waals surface area contributed by atoms with Gasteiger partial charge in [0, 0.05) is 12.6 Å². The minimum Gasteiger partial charge on any atom is -0.329 e. The third kappa shape index (κ3) is 2.98. The number of hydrogen-bond donors (Lipinski definition) is 1. The van der Waals surface area contributed by atoms with E-state index in [2.05, 4.69) is 11.8 Å². The van der Waals surface area contributed by atoms with Crippen LogP contribution in [0.25, 0.3) is 0 Å². The van der Waals surface area contributed by atoms with Crippen LogP contribution in [0.5, 0.6) is 0 Å². The fourth-order valence-corrected chi connectivity index (χ4v) is 3.72. The van der Waals surface area contributed by atoms with Gasteiger partial charge < -0.3 is 5.73 Å². The molecule has 2 rings (SSSR count). The lowest BCUT2D eigenvalue weighted by Crippen LogP contribution is -2.48. The van der Waals surface area contributed by atoms with Gasteiger partial charge in [0.25, 0.3) is 0 Å². The van der Waals surface area contributed by atoms with E-state index in [0.29, 0.717) is 6.04 Å². The summed E-state index contributed by atoms with van der Waals surface area (Å²) in [6, 6.07) is 0.683. The van der Waals surface area contributed by atoms with Gasteiger partial charge in [-0.15, -0.1) is 0 Å². The van der Waals surface area contributed by atoms with Crippen molar-refractivity contribution in [2.24, 2.45) is 17.6 Å². The molecule has 3 unspecified atom stereocenters. The molecule has 0 aromatic rings. The predicted octanol–water partition coefficient (Wildman–Crippen LogP) is 2.63. The molecule has 2 N–H and O–H groups in total. The third-order valence-electron chi connectivity index (χ3n) is 4.62. The Morgan fingerprint density at radius 3 is 2.50 bits per heavy atom. The molecule has 0 aromatic carbocycles. The van der Waals surface area contributed by atoms with Crippen LogP contribution >= 0.6 is 0 Å². The van der Waals surface area contributed by atoms with E-state index in [-0.39, 0.29) is 0 Å². The van der Waals surface area contributed by atoms with Gasteiger partial charge in [-0.05, 0) is 50.6 Å². The Bertz CT molecular complexity index is 199. The van der Waals surface area contributed by atoms with Crippen LogP contribution in [0.2, 0.25) is 0 Å². The van der Waals surface area contributed by atoms with Crippen LogP contribution in [-0.4, -0.2) is 30.6 Å². The molecule has 1 aliphatic carbocycles. The summed E-state index contributed by atoms with van der Waals surface area (Å²) in [4.78, 5) is 2.69. The van der Waals surface area contributed by atoms with Crippen molar-refractivity contribution < 1.29 is 0 Å². The van der Waals surface area contributed by atoms with Crippen molar-refractivity contribution in [3.8, 4) is 0 Å². The normalized spacial score (nSPS) is 34.9. The first-order valence-electron chi connectivity index (χ1n) is 7.25. The first-order valence-corrected chi connectivity index (χ1v) is 7.25. The zero-order valence-electron chi connectivity index (χ0n) is 10.8. The molecule has 1 aliphatic heterocycles. The second kappa shape index (κ2) is 6.02. The summed E-state index contributed by atoms with van der Waals surface area (Å²) in [5.74, 6) is 1.81. The highest BCUT2D eigenvalue weighted by Gasteiger charge is 2.30. The fraction of sp³-hybridized carbons (Fsp3) is 1.00. The molecule has 0 spiro atoms. The molecule has 1 heterocycles. The fourth-order valence-electron chi connectivity index (χ4n) is 3.72. The highest BCUT2D eigenvalue weighted by Crippen LogP contribution is 2.33. The highest BCUT2D eigenvalue weighted by molar-refractivity contribution is 4.85. The minimum absolute atomic E-state index is 0.683. The number of rotatable bonds is 3. The number of hydrogen-bond acceptors (Lipinski definition) is 2. The Kier molecular flexibility index (Phi) is 4.66. The maximum Gasteiger partial charge on any atom is 0.0246 e. The van der Waals surface area contributed by atoms with Gasteiger partial charge >= 0.3 is 0 Å². The van der Waals surface area contributed by atoms with Crippen molar-refractivity contribution in [1.29, 1.82) is 0 Å². The van der Waals surface area contributed by atoms with Gasteiger partial charge in [-0.1, -0.05) is 26.2 Å². The quantitative estimate of drug-likeness (QED) is 0.798. The molecule has 2 nitrogen and oxygen atoms in total. The number of nitrogens with zero attached hydrogens (tertiary/aromatic N) is 1. The van der Waals surface area contributed by atoms with Crippen LogP contribution in [-0.2, 0) is 0 Å². The Balaban J connectivity index is 1.91. The first-order chi connectivity index (χ1) is 7.81. The van der Waals surface area contributed by atoms with Crippen molar-refractivity contribution in [3.05, 3.63) is 0 Å². The molecular formula is C14H28N2. The molecule has 1 saturated heterocycles. The van der Waals surface area contributed by atoms with E-state index in [1.165, 1.54) is 58.0 Å². The molecule has 0 bridgehead atoms. The van der Waals surface area contributed by atoms with Crippen LogP contribution in [0.3, 0.4) is 0 Å². The maximum absolute atomic E-state index is 6.04. The van der Waals surface area contributed by atoms with E-state index in [9.17, 15) is 0 Å². The lowest BCUT2D eigenvalue weighted by Gasteiger charge is -2.41. The van der Waals surface area contributed by atoms with Crippen molar-refractivity contribution >= 4 is 0 Å². The van der Waals surface area contributed by atoms with Crippen LogP contribution in [0, 0.1) is 11.8 Å². The summed E-state index contributed by atoms with van der Waals surface area (Å²) in [5.41, 5.74) is 6.04. The summed E-state index contributed by atoms with van der Waals surface area (Å²) in [7, 11) is 0. The number of nitrogens with two attached hydrogens (primary N) is 1. The SMILES string of the molecule is CC1CCCC(C(CN)N2CCCCC2)C1. The molecule has 94 valence electrons. The van der Waals surface area contributed by atoms with E-state index in [1.54, 1.807) is 0 Å². The standard InChI is InChI=1S/C14H28N2/c1-12-6-5-7-13(10-12)14(11-15)16-8-3-2-4-9-16/h12-14H,2-11,15H2,1H3. The van der Waals surface area contributed by atoms with Crippen LogP contribution in [0.15, 0.2) is 0 Å². The molecular weight excluding hydrogens is 196 g/mol. The van der Waals surface area contributed by atoms with Crippen molar-refractivity contribution in [2.75, 3.05) is 19.6 Å². The molecule has 0 radical (unpaired) electrons. The van der Waals surface area contributed by atoms with Gasteiger partial charge in [-0.3, -0.25) is 4.90 Å². The van der Waals surface area contributed by atoms with Gasteiger partial charge in [-0.25, -0.2) is 0 Å². The monoisotopic (exact) mass is 224 g/mol. The summed E-state index contributed by atoms with van der Waals surface area (Å²) < 4.78 is 0. The van der Waals surface area contributed by atoms with Crippen molar-refractivity contribution in [2.45, 2.75) is 57.9 Å². The lowest BCUT2D eigenvalue weighted by atomic mass is 9.78. The van der Waals surface area contributed by atoms with Gasteiger partial charge in [0.15, 0.2) is 0 Å². The lowest BCUT2D eigenvalue weighted by molar-refractivity contribution is 0.0903. The van der Waals surface area contributed by atoms with Crippen molar-refractivity contribution in [1.82, 2.24) is 4.90 Å². The molecule has 1 saturated carbocycles. The third-order valence-corrected chi connectivity index (χ3v) is 4.62. The van der Waals surface area contributed by atoms with Crippen LogP contribution in [0.1, 0.15) is 51.9 Å². The molecule has 2 aliphatic rings. The maximum atomic E-state index is 6.04.